The van der Waals surface area contributed by atoms with Gasteiger partial charge in [-0.3, -0.25) is 0 Å². The second-order valence-electron chi connectivity index (χ2n) is 8.70. The fraction of sp³-hybridized carbons (Fsp3) is 0.542. The van der Waals surface area contributed by atoms with E-state index in [2.05, 4.69) is 0 Å². The predicted molar refractivity (Wildman–Crippen MR) is 134 cm³/mol. The number of carbonyl (C=O) groups excluding carboxylic acids is 1. The van der Waals surface area contributed by atoms with Crippen LogP contribution in [0.1, 0.15) is 45.8 Å². The van der Waals surface area contributed by atoms with E-state index in [1.165, 1.54) is 11.3 Å². The van der Waals surface area contributed by atoms with Gasteiger partial charge in [0.15, 0.2) is 6.29 Å². The Kier molecular flexibility index (Phi) is 10.5. The minimum Gasteiger partial charge on any atom is -0.459 e. The first-order chi connectivity index (χ1) is 16.1. The molecule has 3 rings (SSSR count). The normalized spacial score (nSPS) is 23.4. The Balaban J connectivity index is 1.49. The Morgan fingerprint density at radius 1 is 1.06 bits per heavy atom. The van der Waals surface area contributed by atoms with Crippen LogP contribution >= 0.6 is 46.1 Å². The van der Waals surface area contributed by atoms with E-state index in [9.17, 15) is 15.0 Å². The van der Waals surface area contributed by atoms with Crippen molar-refractivity contribution in [3.8, 4) is 0 Å². The Labute approximate surface area is 218 Å². The molecule has 1 aliphatic carbocycles. The Bertz CT molecular complexity index is 932. The second-order valence-corrected chi connectivity index (χ2v) is 11.3. The maximum atomic E-state index is 12.1. The third-order valence-electron chi connectivity index (χ3n) is 6.22. The number of ether oxygens (including phenoxy) is 1. The van der Waals surface area contributed by atoms with Gasteiger partial charge in [-0.2, -0.15) is 0 Å². The standard InChI is InChI=1S/C24H29Cl3O6S/c25-14-8-13(9-15(26)10-14)4-6-18-17(19(27)11-20(18)28)3-1-2-16-5-7-22(34-16)24(32)33-12-21(29)23(30)31/h5,7-10,17-21,23,28-31H,1-4,6,11-12H2/t17-,18-,19-,20-,21?/m1/s1. The van der Waals surface area contributed by atoms with Gasteiger partial charge in [0.2, 0.25) is 0 Å². The van der Waals surface area contributed by atoms with Crippen LogP contribution in [0.15, 0.2) is 30.3 Å². The van der Waals surface area contributed by atoms with E-state index >= 15 is 0 Å². The molecule has 0 aliphatic heterocycles. The molecule has 1 aromatic heterocycles. The lowest BCUT2D eigenvalue weighted by Crippen LogP contribution is -2.31. The summed E-state index contributed by atoms with van der Waals surface area (Å²) in [7, 11) is 0. The summed E-state index contributed by atoms with van der Waals surface area (Å²) >= 11 is 20.1. The highest BCUT2D eigenvalue weighted by Crippen LogP contribution is 2.42. The number of hydrogen-bond donors (Lipinski definition) is 4. The first kappa shape index (κ1) is 27.7. The number of aliphatic hydroxyl groups is 4. The van der Waals surface area contributed by atoms with Crippen molar-refractivity contribution in [1.29, 1.82) is 0 Å². The number of aryl methyl sites for hydroxylation is 2. The summed E-state index contributed by atoms with van der Waals surface area (Å²) in [6, 6.07) is 9.02. The number of halogens is 3. The van der Waals surface area contributed by atoms with E-state index in [-0.39, 0.29) is 17.2 Å². The van der Waals surface area contributed by atoms with Crippen molar-refractivity contribution in [2.45, 2.75) is 62.4 Å². The van der Waals surface area contributed by atoms with Crippen LogP contribution in [0.4, 0.5) is 0 Å². The molecule has 188 valence electrons. The molecule has 10 heteroatoms. The van der Waals surface area contributed by atoms with Crippen LogP contribution in [-0.4, -0.2) is 56.9 Å². The zero-order chi connectivity index (χ0) is 24.8. The Hall–Kier alpha value is -0.900. The molecule has 0 saturated heterocycles. The van der Waals surface area contributed by atoms with Crippen molar-refractivity contribution < 1.29 is 30.0 Å². The summed E-state index contributed by atoms with van der Waals surface area (Å²) in [5.74, 6) is -0.318. The molecule has 34 heavy (non-hydrogen) atoms. The average molecular weight is 552 g/mol. The molecule has 6 nitrogen and oxygen atoms in total. The van der Waals surface area contributed by atoms with Crippen molar-refractivity contribution in [2.24, 2.45) is 11.8 Å². The van der Waals surface area contributed by atoms with Crippen LogP contribution in [0.2, 0.25) is 10.0 Å². The zero-order valence-corrected chi connectivity index (χ0v) is 21.5. The van der Waals surface area contributed by atoms with Crippen LogP contribution in [0.3, 0.4) is 0 Å². The average Bonchev–Trinajstić information content (AvgIpc) is 3.34. The van der Waals surface area contributed by atoms with Crippen LogP contribution in [0.5, 0.6) is 0 Å². The molecule has 0 amide bonds. The number of alkyl halides is 1. The van der Waals surface area contributed by atoms with Gasteiger partial charge in [0.05, 0.1) is 6.10 Å². The molecule has 4 N–H and O–H groups in total. The van der Waals surface area contributed by atoms with Crippen molar-refractivity contribution in [1.82, 2.24) is 0 Å². The fourth-order valence-electron chi connectivity index (χ4n) is 4.48. The molecular weight excluding hydrogens is 523 g/mol. The number of carbonyl (C=O) groups is 1. The van der Waals surface area contributed by atoms with E-state index in [1.807, 2.05) is 18.2 Å². The summed E-state index contributed by atoms with van der Waals surface area (Å²) in [6.07, 6.45) is 0.707. The maximum Gasteiger partial charge on any atom is 0.348 e. The molecule has 5 atom stereocenters. The van der Waals surface area contributed by atoms with Gasteiger partial charge in [0, 0.05) is 20.3 Å². The molecule has 1 unspecified atom stereocenters. The van der Waals surface area contributed by atoms with E-state index in [0.29, 0.717) is 21.3 Å². The third kappa shape index (κ3) is 7.80. The molecule has 2 aromatic rings. The van der Waals surface area contributed by atoms with Crippen molar-refractivity contribution in [2.75, 3.05) is 6.61 Å². The van der Waals surface area contributed by atoms with Gasteiger partial charge in [-0.15, -0.1) is 22.9 Å². The number of benzene rings is 1. The fourth-order valence-corrected chi connectivity index (χ4v) is 6.49. The summed E-state index contributed by atoms with van der Waals surface area (Å²) in [6.45, 7) is -0.492. The lowest BCUT2D eigenvalue weighted by molar-refractivity contribution is -0.135. The first-order valence-electron chi connectivity index (χ1n) is 11.2. The lowest BCUT2D eigenvalue weighted by Gasteiger charge is -2.23. The summed E-state index contributed by atoms with van der Waals surface area (Å²) < 4.78 is 4.91. The zero-order valence-electron chi connectivity index (χ0n) is 18.4. The summed E-state index contributed by atoms with van der Waals surface area (Å²) in [5.41, 5.74) is 1.04. The molecule has 1 aliphatic rings. The minimum absolute atomic E-state index is 0.0786. The molecule has 1 saturated carbocycles. The van der Waals surface area contributed by atoms with Gasteiger partial charge >= 0.3 is 5.97 Å². The molecule has 1 aromatic carbocycles. The number of esters is 1. The largest absolute Gasteiger partial charge is 0.459 e. The van der Waals surface area contributed by atoms with E-state index in [4.69, 9.17) is 49.8 Å². The van der Waals surface area contributed by atoms with Gasteiger partial charge < -0.3 is 25.2 Å². The Morgan fingerprint density at radius 2 is 1.76 bits per heavy atom. The highest BCUT2D eigenvalue weighted by Gasteiger charge is 2.40. The second kappa shape index (κ2) is 12.9. The van der Waals surface area contributed by atoms with E-state index in [1.54, 1.807) is 12.1 Å². The molecule has 0 spiro atoms. The highest BCUT2D eigenvalue weighted by atomic mass is 35.5. The predicted octanol–water partition coefficient (Wildman–Crippen LogP) is 4.44. The van der Waals surface area contributed by atoms with Gasteiger partial charge in [-0.05, 0) is 86.3 Å². The first-order valence-corrected chi connectivity index (χ1v) is 13.2. The third-order valence-corrected chi connectivity index (χ3v) is 8.28. The molecule has 1 fully saturated rings. The van der Waals surface area contributed by atoms with Gasteiger partial charge in [0.1, 0.15) is 17.6 Å². The topological polar surface area (TPSA) is 107 Å². The molecule has 1 heterocycles. The molecule has 0 bridgehead atoms. The summed E-state index contributed by atoms with van der Waals surface area (Å²) in [5, 5.41) is 38.7. The maximum absolute atomic E-state index is 12.1. The number of hydrogen-bond acceptors (Lipinski definition) is 7. The number of thiophene rings is 1. The van der Waals surface area contributed by atoms with Crippen LogP contribution < -0.4 is 0 Å². The van der Waals surface area contributed by atoms with Crippen molar-refractivity contribution >= 4 is 52.1 Å². The molecule has 0 radical (unpaired) electrons. The minimum atomic E-state index is -1.96. The monoisotopic (exact) mass is 550 g/mol. The number of aliphatic hydroxyl groups excluding tert-OH is 3. The van der Waals surface area contributed by atoms with Crippen LogP contribution in [0.25, 0.3) is 0 Å². The SMILES string of the molecule is O=C(OCC(O)C(O)O)c1ccc(CCC[C@@H]2[C@@H](CCc3cc(Cl)cc(Cl)c3)[C@H](O)C[C@H]2Cl)s1. The van der Waals surface area contributed by atoms with Crippen molar-refractivity contribution in [3.63, 3.8) is 0 Å². The highest BCUT2D eigenvalue weighted by molar-refractivity contribution is 7.13. The smallest absolute Gasteiger partial charge is 0.348 e. The lowest BCUT2D eigenvalue weighted by atomic mass is 9.85. The van der Waals surface area contributed by atoms with Crippen LogP contribution in [0, 0.1) is 11.8 Å². The van der Waals surface area contributed by atoms with E-state index < -0.39 is 31.1 Å². The van der Waals surface area contributed by atoms with Crippen LogP contribution in [-0.2, 0) is 17.6 Å². The number of rotatable bonds is 11. The molecular formula is C24H29Cl3O6S. The summed E-state index contributed by atoms with van der Waals surface area (Å²) in [4.78, 5) is 13.5. The quantitative estimate of drug-likeness (QED) is 0.187. The van der Waals surface area contributed by atoms with Gasteiger partial charge in [0.25, 0.3) is 0 Å². The van der Waals surface area contributed by atoms with Gasteiger partial charge in [-0.1, -0.05) is 23.2 Å². The van der Waals surface area contributed by atoms with Crippen molar-refractivity contribution in [3.05, 3.63) is 55.7 Å². The van der Waals surface area contributed by atoms with Gasteiger partial charge in [-0.25, -0.2) is 4.79 Å². The van der Waals surface area contributed by atoms with E-state index in [0.717, 1.165) is 42.5 Å². The Morgan fingerprint density at radius 3 is 2.44 bits per heavy atom.